The van der Waals surface area contributed by atoms with Gasteiger partial charge in [-0.2, -0.15) is 11.8 Å². The van der Waals surface area contributed by atoms with Crippen LogP contribution >= 0.6 is 11.8 Å². The van der Waals surface area contributed by atoms with Crippen LogP contribution in [0.25, 0.3) is 0 Å². The Hall–Kier alpha value is -1.83. The molecule has 1 saturated heterocycles. The van der Waals surface area contributed by atoms with Gasteiger partial charge in [0.2, 0.25) is 15.9 Å². The van der Waals surface area contributed by atoms with E-state index < -0.39 is 10.0 Å². The molecule has 3 rings (SSSR count). The topological polar surface area (TPSA) is 66.5 Å². The molecule has 2 aromatic carbocycles. The Kier molecular flexibility index (Phi) is 9.63. The minimum absolute atomic E-state index is 0.0225. The van der Waals surface area contributed by atoms with Crippen LogP contribution < -0.4 is 5.32 Å². The van der Waals surface area contributed by atoms with Gasteiger partial charge in [0.25, 0.3) is 0 Å². The van der Waals surface area contributed by atoms with Crippen molar-refractivity contribution in [2.24, 2.45) is 5.92 Å². The van der Waals surface area contributed by atoms with Gasteiger partial charge in [-0.15, -0.1) is 0 Å². The Morgan fingerprint density at radius 3 is 2.66 bits per heavy atom. The number of carbonyl (C=O) groups excluding carboxylic acids is 1. The van der Waals surface area contributed by atoms with E-state index in [-0.39, 0.29) is 17.6 Å². The smallest absolute Gasteiger partial charge is 0.224 e. The van der Waals surface area contributed by atoms with Crippen LogP contribution in [0.15, 0.2) is 54.6 Å². The molecule has 1 aliphatic rings. The maximum atomic E-state index is 12.8. The predicted octanol–water partition coefficient (Wildman–Crippen LogP) is 4.02. The molecule has 174 valence electrons. The molecular formula is C25H34N2O3S2. The van der Waals surface area contributed by atoms with E-state index in [1.54, 1.807) is 11.8 Å². The van der Waals surface area contributed by atoms with Gasteiger partial charge in [0.15, 0.2) is 0 Å². The van der Waals surface area contributed by atoms with Crippen molar-refractivity contribution in [3.8, 4) is 0 Å². The summed E-state index contributed by atoms with van der Waals surface area (Å²) in [6, 6.07) is 18.3. The minimum atomic E-state index is -3.33. The zero-order chi connectivity index (χ0) is 22.8. The first kappa shape index (κ1) is 24.8. The van der Waals surface area contributed by atoms with Gasteiger partial charge >= 0.3 is 0 Å². The molecule has 1 aliphatic heterocycles. The Morgan fingerprint density at radius 1 is 1.12 bits per heavy atom. The van der Waals surface area contributed by atoms with Gasteiger partial charge in [0.1, 0.15) is 0 Å². The number of benzene rings is 2. The summed E-state index contributed by atoms with van der Waals surface area (Å²) in [7, 11) is -3.33. The minimum Gasteiger partial charge on any atom is -0.355 e. The van der Waals surface area contributed by atoms with Gasteiger partial charge in [-0.3, -0.25) is 4.79 Å². The fraction of sp³-hybridized carbons (Fsp3) is 0.480. The Balaban J connectivity index is 1.38. The van der Waals surface area contributed by atoms with Gasteiger partial charge in [-0.1, -0.05) is 54.6 Å². The lowest BCUT2D eigenvalue weighted by Crippen LogP contribution is -2.46. The molecule has 32 heavy (non-hydrogen) atoms. The molecule has 1 fully saturated rings. The lowest BCUT2D eigenvalue weighted by molar-refractivity contribution is -0.125. The van der Waals surface area contributed by atoms with Crippen LogP contribution in [0.2, 0.25) is 0 Å². The summed E-state index contributed by atoms with van der Waals surface area (Å²) < 4.78 is 27.1. The molecule has 0 aromatic heterocycles. The first-order valence-electron chi connectivity index (χ1n) is 11.4. The van der Waals surface area contributed by atoms with E-state index in [2.05, 4.69) is 30.4 Å². The van der Waals surface area contributed by atoms with E-state index in [4.69, 9.17) is 0 Å². The number of nitrogens with zero attached hydrogens (tertiary/aromatic N) is 1. The summed E-state index contributed by atoms with van der Waals surface area (Å²) in [5.74, 6) is 1.63. The summed E-state index contributed by atoms with van der Waals surface area (Å²) in [5, 5.41) is 3.01. The average molecular weight is 475 g/mol. The third kappa shape index (κ3) is 7.64. The molecule has 0 saturated carbocycles. The summed E-state index contributed by atoms with van der Waals surface area (Å²) in [5.41, 5.74) is 3.76. The number of thioether (sulfide) groups is 1. The highest BCUT2D eigenvalue weighted by atomic mass is 32.2. The number of piperidine rings is 1. The number of amides is 1. The van der Waals surface area contributed by atoms with Crippen molar-refractivity contribution in [1.29, 1.82) is 0 Å². The lowest BCUT2D eigenvalue weighted by Gasteiger charge is -2.31. The lowest BCUT2D eigenvalue weighted by atomic mass is 9.99. The zero-order valence-electron chi connectivity index (χ0n) is 18.8. The zero-order valence-corrected chi connectivity index (χ0v) is 20.5. The van der Waals surface area contributed by atoms with Gasteiger partial charge in [-0.05, 0) is 49.3 Å². The first-order chi connectivity index (χ1) is 15.5. The fourth-order valence-electron chi connectivity index (χ4n) is 3.99. The second-order valence-electron chi connectivity index (χ2n) is 8.37. The third-order valence-corrected chi connectivity index (χ3v) is 8.85. The summed E-state index contributed by atoms with van der Waals surface area (Å²) in [6.45, 7) is 3.54. The number of aryl methyl sites for hydroxylation is 2. The van der Waals surface area contributed by atoms with E-state index in [0.717, 1.165) is 36.3 Å². The maximum absolute atomic E-state index is 12.8. The van der Waals surface area contributed by atoms with Crippen molar-refractivity contribution in [3.05, 3.63) is 71.3 Å². The summed E-state index contributed by atoms with van der Waals surface area (Å²) in [4.78, 5) is 12.6. The predicted molar refractivity (Wildman–Crippen MR) is 133 cm³/mol. The maximum Gasteiger partial charge on any atom is 0.224 e. The van der Waals surface area contributed by atoms with Crippen molar-refractivity contribution in [2.45, 2.75) is 38.4 Å². The van der Waals surface area contributed by atoms with Crippen LogP contribution in [0.1, 0.15) is 36.0 Å². The van der Waals surface area contributed by atoms with Gasteiger partial charge < -0.3 is 5.32 Å². The van der Waals surface area contributed by atoms with Crippen LogP contribution in [-0.2, 0) is 27.0 Å². The number of hydrogen-bond donors (Lipinski definition) is 1. The number of hydrogen-bond acceptors (Lipinski definition) is 4. The van der Waals surface area contributed by atoms with Crippen molar-refractivity contribution in [1.82, 2.24) is 9.62 Å². The molecule has 0 radical (unpaired) electrons. The van der Waals surface area contributed by atoms with Crippen LogP contribution in [-0.4, -0.2) is 49.8 Å². The number of carbonyl (C=O) groups is 1. The van der Waals surface area contributed by atoms with E-state index in [9.17, 15) is 13.2 Å². The molecule has 1 amide bonds. The van der Waals surface area contributed by atoms with Crippen molar-refractivity contribution in [3.63, 3.8) is 0 Å². The van der Waals surface area contributed by atoms with E-state index >= 15 is 0 Å². The average Bonchev–Trinajstić information content (AvgIpc) is 2.80. The number of nitrogens with one attached hydrogen (secondary N) is 1. The van der Waals surface area contributed by atoms with E-state index in [0.29, 0.717) is 26.1 Å². The largest absolute Gasteiger partial charge is 0.355 e. The Bertz CT molecular complexity index is 964. The number of sulfonamides is 1. The Labute approximate surface area is 197 Å². The summed E-state index contributed by atoms with van der Waals surface area (Å²) >= 11 is 1.80. The molecule has 2 aromatic rings. The van der Waals surface area contributed by atoms with Gasteiger partial charge in [-0.25, -0.2) is 12.7 Å². The monoisotopic (exact) mass is 474 g/mol. The molecule has 5 nitrogen and oxygen atoms in total. The molecule has 0 unspecified atom stereocenters. The van der Waals surface area contributed by atoms with Crippen molar-refractivity contribution < 1.29 is 13.2 Å². The van der Waals surface area contributed by atoms with Crippen LogP contribution in [0.5, 0.6) is 0 Å². The molecule has 1 N–H and O–H groups in total. The third-order valence-electron chi connectivity index (χ3n) is 5.92. The normalized spacial score (nSPS) is 17.2. The molecule has 0 spiro atoms. The Morgan fingerprint density at radius 2 is 1.88 bits per heavy atom. The summed E-state index contributed by atoms with van der Waals surface area (Å²) in [6.07, 6.45) is 2.83. The second-order valence-corrected chi connectivity index (χ2v) is 11.6. The molecular weight excluding hydrogens is 440 g/mol. The van der Waals surface area contributed by atoms with Gasteiger partial charge in [0, 0.05) is 31.1 Å². The SMILES string of the molecule is Cc1ccccc1CSCCNC(=O)[C@H]1CCCN(S(=O)(=O)CCCc2ccccc2)C1. The molecule has 7 heteroatoms. The van der Waals surface area contributed by atoms with Crippen LogP contribution in [0.3, 0.4) is 0 Å². The molecule has 1 heterocycles. The van der Waals surface area contributed by atoms with Crippen LogP contribution in [0.4, 0.5) is 0 Å². The van der Waals surface area contributed by atoms with Crippen molar-refractivity contribution in [2.75, 3.05) is 31.1 Å². The number of rotatable bonds is 11. The van der Waals surface area contributed by atoms with Crippen LogP contribution in [0, 0.1) is 12.8 Å². The highest BCUT2D eigenvalue weighted by Gasteiger charge is 2.31. The van der Waals surface area contributed by atoms with Gasteiger partial charge in [0.05, 0.1) is 11.7 Å². The quantitative estimate of drug-likeness (QED) is 0.500. The highest BCUT2D eigenvalue weighted by Crippen LogP contribution is 2.21. The van der Waals surface area contributed by atoms with E-state index in [1.165, 1.54) is 15.4 Å². The molecule has 0 bridgehead atoms. The molecule has 1 atom stereocenters. The van der Waals surface area contributed by atoms with Crippen molar-refractivity contribution >= 4 is 27.7 Å². The second kappa shape index (κ2) is 12.4. The fourth-order valence-corrected chi connectivity index (χ4v) is 6.50. The highest BCUT2D eigenvalue weighted by molar-refractivity contribution is 7.98. The van der Waals surface area contributed by atoms with E-state index in [1.807, 2.05) is 36.4 Å². The molecule has 0 aliphatic carbocycles. The standard InChI is InChI=1S/C25H34N2O3S2/c1-21-9-5-6-13-24(21)20-31-17-15-26-25(28)23-14-7-16-27(19-23)32(29,30)18-8-12-22-10-3-2-4-11-22/h2-6,9-11,13,23H,7-8,12,14-20H2,1H3,(H,26,28)/t23-/m0/s1. The first-order valence-corrected chi connectivity index (χ1v) is 14.1.